The third-order valence-electron chi connectivity index (χ3n) is 3.08. The second-order valence-corrected chi connectivity index (χ2v) is 4.18. The van der Waals surface area contributed by atoms with Gasteiger partial charge in [0.15, 0.2) is 0 Å². The highest BCUT2D eigenvalue weighted by molar-refractivity contribution is 7.80. The number of hydrogen-bond acceptors (Lipinski definition) is 1. The first-order chi connectivity index (χ1) is 4.88. The molecule has 2 rings (SSSR count). The average Bonchev–Trinajstić information content (AvgIpc) is 2.34. The summed E-state index contributed by atoms with van der Waals surface area (Å²) in [4.78, 5) is 1.39. The Morgan fingerprint density at radius 3 is 2.70 bits per heavy atom. The quantitative estimate of drug-likeness (QED) is 0.483. The number of thiocarbonyl (C=S) groups is 1. The molecule has 0 amide bonds. The molecule has 0 N–H and O–H groups in total. The van der Waals surface area contributed by atoms with E-state index in [9.17, 15) is 0 Å². The predicted molar refractivity (Wildman–Crippen MR) is 47.3 cm³/mol. The molecule has 0 aromatic rings. The summed E-state index contributed by atoms with van der Waals surface area (Å²) in [6.07, 6.45) is 8.42. The van der Waals surface area contributed by atoms with Crippen molar-refractivity contribution >= 4 is 17.1 Å². The normalized spacial score (nSPS) is 39.8. The lowest BCUT2D eigenvalue weighted by Gasteiger charge is -2.24. The molecule has 2 unspecified atom stereocenters. The van der Waals surface area contributed by atoms with Crippen molar-refractivity contribution in [2.24, 2.45) is 11.8 Å². The van der Waals surface area contributed by atoms with Crippen LogP contribution >= 0.6 is 12.2 Å². The Labute approximate surface area is 68.0 Å². The highest BCUT2D eigenvalue weighted by Gasteiger charge is 2.32. The lowest BCUT2D eigenvalue weighted by atomic mass is 9.82. The van der Waals surface area contributed by atoms with E-state index in [-0.39, 0.29) is 0 Å². The third-order valence-corrected chi connectivity index (χ3v) is 3.59. The smallest absolute Gasteiger partial charge is 0.00377 e. The van der Waals surface area contributed by atoms with Gasteiger partial charge >= 0.3 is 0 Å². The van der Waals surface area contributed by atoms with Gasteiger partial charge in [-0.1, -0.05) is 25.1 Å². The summed E-state index contributed by atoms with van der Waals surface area (Å²) < 4.78 is 0. The molecule has 2 fully saturated rings. The number of hydrogen-bond donors (Lipinski definition) is 0. The fraction of sp³-hybridized carbons (Fsp3) is 0.889. The highest BCUT2D eigenvalue weighted by Crippen LogP contribution is 2.40. The van der Waals surface area contributed by atoms with Crippen LogP contribution in [-0.2, 0) is 0 Å². The molecule has 2 aliphatic carbocycles. The van der Waals surface area contributed by atoms with Crippen LogP contribution in [0.15, 0.2) is 0 Å². The second kappa shape index (κ2) is 2.61. The third kappa shape index (κ3) is 1.01. The Morgan fingerprint density at radius 1 is 1.10 bits per heavy atom. The maximum atomic E-state index is 5.32. The predicted octanol–water partition coefficient (Wildman–Crippen LogP) is 2.96. The maximum absolute atomic E-state index is 5.32. The molecule has 0 bridgehead atoms. The molecule has 0 nitrogen and oxygen atoms in total. The molecule has 2 atom stereocenters. The van der Waals surface area contributed by atoms with Gasteiger partial charge in [0.25, 0.3) is 0 Å². The van der Waals surface area contributed by atoms with E-state index in [0.29, 0.717) is 0 Å². The van der Waals surface area contributed by atoms with Gasteiger partial charge in [0.2, 0.25) is 0 Å². The fourth-order valence-corrected chi connectivity index (χ4v) is 2.92. The summed E-state index contributed by atoms with van der Waals surface area (Å²) >= 11 is 5.32. The zero-order valence-electron chi connectivity index (χ0n) is 6.31. The van der Waals surface area contributed by atoms with Crippen LogP contribution in [-0.4, -0.2) is 4.86 Å². The highest BCUT2D eigenvalue weighted by atomic mass is 32.1. The Kier molecular flexibility index (Phi) is 1.77. The minimum Gasteiger partial charge on any atom is -0.0894 e. The van der Waals surface area contributed by atoms with Gasteiger partial charge in [0, 0.05) is 0 Å². The van der Waals surface area contributed by atoms with E-state index in [0.717, 1.165) is 11.8 Å². The van der Waals surface area contributed by atoms with Crippen LogP contribution in [0.1, 0.15) is 38.5 Å². The van der Waals surface area contributed by atoms with E-state index >= 15 is 0 Å². The van der Waals surface area contributed by atoms with Crippen LogP contribution in [0.3, 0.4) is 0 Å². The van der Waals surface area contributed by atoms with Crippen LogP contribution in [0.2, 0.25) is 0 Å². The van der Waals surface area contributed by atoms with Crippen molar-refractivity contribution in [3.63, 3.8) is 0 Å². The zero-order chi connectivity index (χ0) is 6.97. The van der Waals surface area contributed by atoms with Gasteiger partial charge in [-0.3, -0.25) is 0 Å². The van der Waals surface area contributed by atoms with Gasteiger partial charge in [-0.2, -0.15) is 0 Å². The largest absolute Gasteiger partial charge is 0.0894 e. The van der Waals surface area contributed by atoms with Crippen LogP contribution in [0.25, 0.3) is 0 Å². The van der Waals surface area contributed by atoms with Gasteiger partial charge in [-0.15, -0.1) is 0 Å². The summed E-state index contributed by atoms with van der Waals surface area (Å²) in [6, 6.07) is 0. The van der Waals surface area contributed by atoms with Crippen molar-refractivity contribution in [2.45, 2.75) is 38.5 Å². The van der Waals surface area contributed by atoms with Gasteiger partial charge in [0.1, 0.15) is 0 Å². The summed E-state index contributed by atoms with van der Waals surface area (Å²) in [5.41, 5.74) is 0. The van der Waals surface area contributed by atoms with E-state index in [1.54, 1.807) is 0 Å². The minimum absolute atomic E-state index is 0.865. The van der Waals surface area contributed by atoms with E-state index in [1.807, 2.05) is 0 Å². The van der Waals surface area contributed by atoms with Crippen LogP contribution in [0.4, 0.5) is 0 Å². The molecule has 0 saturated heterocycles. The monoisotopic (exact) mass is 154 g/mol. The Bertz CT molecular complexity index is 151. The molecule has 0 aromatic heterocycles. The first-order valence-corrected chi connectivity index (χ1v) is 4.81. The van der Waals surface area contributed by atoms with E-state index in [2.05, 4.69) is 0 Å². The minimum atomic E-state index is 0.865. The molecule has 2 saturated carbocycles. The van der Waals surface area contributed by atoms with Crippen molar-refractivity contribution < 1.29 is 0 Å². The standard InChI is InChI=1S/C9H14S/c10-9-6-5-7-3-1-2-4-8(7)9/h7-8H,1-6H2. The molecule has 10 heavy (non-hydrogen) atoms. The second-order valence-electron chi connectivity index (χ2n) is 3.66. The molecule has 0 aliphatic heterocycles. The fourth-order valence-electron chi connectivity index (χ4n) is 2.49. The van der Waals surface area contributed by atoms with Crippen LogP contribution in [0.5, 0.6) is 0 Å². The molecule has 0 radical (unpaired) electrons. The Balaban J connectivity index is 2.08. The maximum Gasteiger partial charge on any atom is -0.00377 e. The molecule has 0 spiro atoms. The van der Waals surface area contributed by atoms with Crippen molar-refractivity contribution in [3.05, 3.63) is 0 Å². The molecule has 56 valence electrons. The van der Waals surface area contributed by atoms with Crippen LogP contribution < -0.4 is 0 Å². The van der Waals surface area contributed by atoms with E-state index in [1.165, 1.54) is 43.4 Å². The van der Waals surface area contributed by atoms with Crippen molar-refractivity contribution in [2.75, 3.05) is 0 Å². The number of fused-ring (bicyclic) bond motifs is 1. The zero-order valence-corrected chi connectivity index (χ0v) is 7.12. The molecule has 2 aliphatic rings. The van der Waals surface area contributed by atoms with Crippen molar-refractivity contribution in [1.29, 1.82) is 0 Å². The van der Waals surface area contributed by atoms with Crippen molar-refractivity contribution in [3.8, 4) is 0 Å². The Hall–Kier alpha value is 0.0900. The molecule has 0 aromatic carbocycles. The first-order valence-electron chi connectivity index (χ1n) is 4.40. The molecule has 0 heterocycles. The van der Waals surface area contributed by atoms with Crippen molar-refractivity contribution in [1.82, 2.24) is 0 Å². The summed E-state index contributed by atoms with van der Waals surface area (Å²) in [5, 5.41) is 0. The van der Waals surface area contributed by atoms with Gasteiger partial charge in [-0.05, 0) is 42.4 Å². The van der Waals surface area contributed by atoms with Gasteiger partial charge < -0.3 is 0 Å². The molecular weight excluding hydrogens is 140 g/mol. The Morgan fingerprint density at radius 2 is 1.90 bits per heavy atom. The summed E-state index contributed by atoms with van der Waals surface area (Å²) in [5.74, 6) is 1.87. The van der Waals surface area contributed by atoms with E-state index < -0.39 is 0 Å². The average molecular weight is 154 g/mol. The molecular formula is C9H14S. The first kappa shape index (κ1) is 6.78. The summed E-state index contributed by atoms with van der Waals surface area (Å²) in [7, 11) is 0. The topological polar surface area (TPSA) is 0 Å². The van der Waals surface area contributed by atoms with Gasteiger partial charge in [-0.25, -0.2) is 0 Å². The van der Waals surface area contributed by atoms with E-state index in [4.69, 9.17) is 12.2 Å². The SMILES string of the molecule is S=C1CCC2CCCCC12. The summed E-state index contributed by atoms with van der Waals surface area (Å²) in [6.45, 7) is 0. The lowest BCUT2D eigenvalue weighted by molar-refractivity contribution is 0.318. The van der Waals surface area contributed by atoms with Gasteiger partial charge in [0.05, 0.1) is 0 Å². The number of rotatable bonds is 0. The molecule has 1 heteroatoms. The van der Waals surface area contributed by atoms with Crippen LogP contribution in [0, 0.1) is 11.8 Å². The lowest BCUT2D eigenvalue weighted by Crippen LogP contribution is -2.17.